The van der Waals surface area contributed by atoms with Gasteiger partial charge in [0.1, 0.15) is 12.3 Å². The van der Waals surface area contributed by atoms with E-state index in [-0.39, 0.29) is 6.42 Å². The van der Waals surface area contributed by atoms with E-state index in [0.29, 0.717) is 3.97 Å². The molecule has 120 valence electrons. The summed E-state index contributed by atoms with van der Waals surface area (Å²) in [6.45, 7) is -4.81. The van der Waals surface area contributed by atoms with E-state index in [1.165, 1.54) is 0 Å². The topological polar surface area (TPSA) is 154 Å². The number of hydrogen-bond donors (Lipinski definition) is 6. The molecule has 12 heteroatoms. The van der Waals surface area contributed by atoms with Gasteiger partial charge in [0, 0.05) is 18.7 Å². The highest BCUT2D eigenvalue weighted by molar-refractivity contribution is 8.15. The lowest BCUT2D eigenvalue weighted by Crippen LogP contribution is -2.39. The molecular weight excluding hydrogens is 327 g/mol. The second kappa shape index (κ2) is 6.15. The molecule has 0 aliphatic carbocycles. The lowest BCUT2D eigenvalue weighted by molar-refractivity contribution is -0.0460. The van der Waals surface area contributed by atoms with Gasteiger partial charge in [-0.05, 0) is 11.1 Å². The summed E-state index contributed by atoms with van der Waals surface area (Å²) in [7, 11) is 0. The molecule has 5 N–H and O–H groups in total. The van der Waals surface area contributed by atoms with Crippen LogP contribution < -0.4 is 11.2 Å². The molecule has 0 amide bonds. The molecule has 1 aliphatic rings. The van der Waals surface area contributed by atoms with Crippen LogP contribution in [0.25, 0.3) is 0 Å². The molecule has 1 aromatic rings. The third-order valence-electron chi connectivity index (χ3n) is 2.89. The first-order valence-corrected chi connectivity index (χ1v) is 9.02. The van der Waals surface area contributed by atoms with Crippen LogP contribution in [0.1, 0.15) is 12.6 Å². The van der Waals surface area contributed by atoms with Gasteiger partial charge in [-0.3, -0.25) is 9.36 Å². The van der Waals surface area contributed by atoms with E-state index in [0.717, 1.165) is 16.8 Å². The quantitative estimate of drug-likeness (QED) is 0.249. The summed E-state index contributed by atoms with van der Waals surface area (Å²) >= 11 is -0.646. The van der Waals surface area contributed by atoms with Crippen molar-refractivity contribution in [3.8, 4) is 0 Å². The summed E-state index contributed by atoms with van der Waals surface area (Å²) in [5.74, 6) is 0. The first kappa shape index (κ1) is 16.6. The first-order chi connectivity index (χ1) is 9.73. The van der Waals surface area contributed by atoms with Crippen molar-refractivity contribution in [2.45, 2.75) is 24.9 Å². The number of aliphatic hydroxyl groups is 2. The van der Waals surface area contributed by atoms with Crippen LogP contribution in [0.2, 0.25) is 0 Å². The number of nitrogens with zero attached hydrogens (tertiary/aromatic N) is 2. The molecular formula is C9H15N2O8PS. The monoisotopic (exact) mass is 342 g/mol. The first-order valence-electron chi connectivity index (χ1n) is 5.82. The Morgan fingerprint density at radius 3 is 2.57 bits per heavy atom. The maximum absolute atomic E-state index is 12.1. The van der Waals surface area contributed by atoms with Crippen LogP contribution >= 0.6 is 6.72 Å². The van der Waals surface area contributed by atoms with Crippen LogP contribution in [0.4, 0.5) is 0 Å². The minimum absolute atomic E-state index is 0.0257. The van der Waals surface area contributed by atoms with E-state index in [1.807, 2.05) is 0 Å². The van der Waals surface area contributed by atoms with Crippen LogP contribution in [0, 0.1) is 0 Å². The normalized spacial score (nSPS) is 26.2. The van der Waals surface area contributed by atoms with Gasteiger partial charge in [-0.25, -0.2) is 8.77 Å². The number of ether oxygens (including phenoxy) is 1. The lowest BCUT2D eigenvalue weighted by atomic mass is 10.2. The Kier molecular flexibility index (Phi) is 4.85. The van der Waals surface area contributed by atoms with Gasteiger partial charge in [0.2, 0.25) is 0 Å². The summed E-state index contributed by atoms with van der Waals surface area (Å²) < 4.78 is 6.70. The smallest absolute Gasteiger partial charge is 0.343 e. The highest BCUT2D eigenvalue weighted by atomic mass is 32.5. The van der Waals surface area contributed by atoms with Crippen LogP contribution in [-0.2, 0) is 15.9 Å². The minimum Gasteiger partial charge on any atom is -0.394 e. The minimum atomic E-state index is -4.38. The van der Waals surface area contributed by atoms with Gasteiger partial charge < -0.3 is 29.6 Å². The number of aromatic nitrogens is 2. The largest absolute Gasteiger partial charge is 0.394 e. The molecule has 1 saturated heterocycles. The third kappa shape index (κ3) is 3.71. The Labute approximate surface area is 121 Å². The maximum Gasteiger partial charge on any atom is 0.343 e. The van der Waals surface area contributed by atoms with E-state index < -0.39 is 54.1 Å². The molecule has 3 atom stereocenters. The van der Waals surface area contributed by atoms with Crippen LogP contribution in [0.15, 0.2) is 21.9 Å². The highest BCUT2D eigenvalue weighted by Crippen LogP contribution is 2.31. The third-order valence-corrected chi connectivity index (χ3v) is 4.94. The van der Waals surface area contributed by atoms with Crippen molar-refractivity contribution in [2.75, 3.05) is 6.61 Å². The fourth-order valence-electron chi connectivity index (χ4n) is 1.95. The summed E-state index contributed by atoms with van der Waals surface area (Å²) in [6, 6.07) is 0.992. The molecule has 0 bridgehead atoms. The van der Waals surface area contributed by atoms with E-state index in [2.05, 4.69) is 0 Å². The standard InChI is InChI=1S/C9H15N2O8PS/c12-4-6-5(13)3-8(19-6)10-2-1-7(14)11(9(10)15)21-20(16,17)18/h1-2,5-6,8,12-13,16-18,21H,3-4H2/t5-,6+,8+/m0/s1. The second-order valence-corrected chi connectivity index (χ2v) is 8.20. The SMILES string of the molecule is O=c1ccn([C@H]2C[C@H](O)[C@@H](CO)O2)c(=O)n1[SH]=P(O)(O)O. The zero-order valence-electron chi connectivity index (χ0n) is 10.6. The molecule has 0 aromatic carbocycles. The van der Waals surface area contributed by atoms with E-state index >= 15 is 0 Å². The molecule has 0 spiro atoms. The van der Waals surface area contributed by atoms with Gasteiger partial charge in [-0.15, -0.1) is 0 Å². The summed E-state index contributed by atoms with van der Waals surface area (Å²) in [4.78, 5) is 50.7. The molecule has 10 nitrogen and oxygen atoms in total. The Balaban J connectivity index is 2.47. The van der Waals surface area contributed by atoms with Gasteiger partial charge in [0.05, 0.1) is 12.7 Å². The molecule has 2 heterocycles. The van der Waals surface area contributed by atoms with Crippen LogP contribution in [0.5, 0.6) is 0 Å². The van der Waals surface area contributed by atoms with Gasteiger partial charge in [-0.1, -0.05) is 0 Å². The number of thiol groups is 1. The van der Waals surface area contributed by atoms with Gasteiger partial charge in [0.25, 0.3) is 12.3 Å². The Morgan fingerprint density at radius 2 is 2.05 bits per heavy atom. The van der Waals surface area contributed by atoms with Crippen molar-refractivity contribution in [1.82, 2.24) is 8.54 Å². The van der Waals surface area contributed by atoms with Crippen molar-refractivity contribution in [3.05, 3.63) is 33.1 Å². The van der Waals surface area contributed by atoms with Gasteiger partial charge >= 0.3 is 5.69 Å². The lowest BCUT2D eigenvalue weighted by Gasteiger charge is -2.15. The molecule has 0 unspecified atom stereocenters. The fourth-order valence-corrected chi connectivity index (χ4v) is 3.74. The molecule has 2 rings (SSSR count). The predicted octanol–water partition coefficient (Wildman–Crippen LogP) is -3.12. The summed E-state index contributed by atoms with van der Waals surface area (Å²) in [5, 5.41) is 18.6. The van der Waals surface area contributed by atoms with Crippen molar-refractivity contribution in [3.63, 3.8) is 0 Å². The molecule has 1 aliphatic heterocycles. The van der Waals surface area contributed by atoms with Crippen molar-refractivity contribution in [2.24, 2.45) is 0 Å². The van der Waals surface area contributed by atoms with Gasteiger partial charge in [-0.2, -0.15) is 0 Å². The number of aliphatic hydroxyl groups excluding tert-OH is 2. The predicted molar refractivity (Wildman–Crippen MR) is 74.3 cm³/mol. The van der Waals surface area contributed by atoms with Crippen LogP contribution in [-0.4, -0.2) is 52.2 Å². The average molecular weight is 342 g/mol. The zero-order valence-corrected chi connectivity index (χ0v) is 12.3. The van der Waals surface area contributed by atoms with Crippen LogP contribution in [0.3, 0.4) is 0 Å². The highest BCUT2D eigenvalue weighted by Gasteiger charge is 2.35. The maximum atomic E-state index is 12.1. The van der Waals surface area contributed by atoms with E-state index in [9.17, 15) is 14.7 Å². The van der Waals surface area contributed by atoms with Crippen molar-refractivity contribution < 1.29 is 29.6 Å². The molecule has 21 heavy (non-hydrogen) atoms. The Morgan fingerprint density at radius 1 is 1.38 bits per heavy atom. The molecule has 0 saturated carbocycles. The van der Waals surface area contributed by atoms with Crippen molar-refractivity contribution >= 4 is 17.8 Å². The average Bonchev–Trinajstić information content (AvgIpc) is 2.74. The van der Waals surface area contributed by atoms with E-state index in [1.54, 1.807) is 0 Å². The Hall–Kier alpha value is -0.780. The zero-order chi connectivity index (χ0) is 15.8. The second-order valence-electron chi connectivity index (χ2n) is 4.40. The van der Waals surface area contributed by atoms with Gasteiger partial charge in [0.15, 0.2) is 0 Å². The fraction of sp³-hybridized carbons (Fsp3) is 0.556. The summed E-state index contributed by atoms with van der Waals surface area (Å²) in [6.07, 6.45) is -1.56. The van der Waals surface area contributed by atoms with E-state index in [4.69, 9.17) is 24.5 Å². The number of rotatable bonds is 3. The molecule has 0 radical (unpaired) electrons. The number of hydrogen-bond acceptors (Lipinski definition) is 5. The van der Waals surface area contributed by atoms with Crippen molar-refractivity contribution in [1.29, 1.82) is 0 Å². The Bertz CT molecular complexity index is 685. The molecule has 1 aromatic heterocycles. The summed E-state index contributed by atoms with van der Waals surface area (Å²) in [5.41, 5.74) is -1.75. The molecule has 1 fully saturated rings.